The zero-order valence-corrected chi connectivity index (χ0v) is 22.8. The molecule has 0 saturated heterocycles. The number of nitrogens with zero attached hydrogens (tertiary/aromatic N) is 3. The molecule has 1 heterocycles. The van der Waals surface area contributed by atoms with Gasteiger partial charge in [-0.1, -0.05) is 72.3 Å². The van der Waals surface area contributed by atoms with Gasteiger partial charge in [0, 0.05) is 35.8 Å². The van der Waals surface area contributed by atoms with Gasteiger partial charge in [-0.05, 0) is 61.2 Å². The van der Waals surface area contributed by atoms with Crippen LogP contribution in [0, 0.1) is 20.8 Å². The molecular formula is C32H27N3NiO3. The zero-order valence-electron chi connectivity index (χ0n) is 21.8. The van der Waals surface area contributed by atoms with Crippen molar-refractivity contribution in [1.29, 1.82) is 0 Å². The first-order valence-electron chi connectivity index (χ1n) is 12.2. The van der Waals surface area contributed by atoms with Crippen LogP contribution in [0.15, 0.2) is 113 Å². The minimum atomic E-state index is -1.29. The van der Waals surface area contributed by atoms with E-state index in [1.807, 2.05) is 69.3 Å². The Hall–Kier alpha value is -4.35. The maximum Gasteiger partial charge on any atom is 2.00 e. The minimum absolute atomic E-state index is 0. The Morgan fingerprint density at radius 2 is 1.51 bits per heavy atom. The summed E-state index contributed by atoms with van der Waals surface area (Å²) in [6.45, 7) is 5.95. The van der Waals surface area contributed by atoms with E-state index in [0.29, 0.717) is 17.0 Å². The van der Waals surface area contributed by atoms with Crippen molar-refractivity contribution >= 4 is 23.3 Å². The zero-order chi connectivity index (χ0) is 27.1. The molecule has 39 heavy (non-hydrogen) atoms. The van der Waals surface area contributed by atoms with Crippen LogP contribution in [-0.2, 0) is 27.7 Å². The molecule has 0 fully saturated rings. The van der Waals surface area contributed by atoms with E-state index in [9.17, 15) is 15.0 Å². The van der Waals surface area contributed by atoms with E-state index >= 15 is 0 Å². The van der Waals surface area contributed by atoms with Crippen LogP contribution >= 0.6 is 0 Å². The van der Waals surface area contributed by atoms with Crippen LogP contribution in [0.1, 0.15) is 39.1 Å². The van der Waals surface area contributed by atoms with Crippen LogP contribution in [-0.4, -0.2) is 22.6 Å². The first-order chi connectivity index (χ1) is 18.3. The van der Waals surface area contributed by atoms with Crippen LogP contribution in [0.25, 0.3) is 0 Å². The largest absolute Gasteiger partial charge is 2.00 e. The maximum atomic E-state index is 12.8. The topological polar surface area (TPSA) is 101 Å². The van der Waals surface area contributed by atoms with Gasteiger partial charge in [0.2, 0.25) is 0 Å². The molecule has 0 unspecified atom stereocenters. The second kappa shape index (κ2) is 13.4. The molecule has 1 aromatic heterocycles. The number of hydrogen-bond donors (Lipinski definition) is 0. The molecule has 0 saturated carbocycles. The molecular weight excluding hydrogens is 533 g/mol. The number of rotatable bonds is 8. The maximum absolute atomic E-state index is 12.8. The number of para-hydroxylation sites is 1. The fourth-order valence-electron chi connectivity index (χ4n) is 4.32. The summed E-state index contributed by atoms with van der Waals surface area (Å²) < 4.78 is 0. The van der Waals surface area contributed by atoms with Gasteiger partial charge in [-0.2, -0.15) is 0 Å². The fourth-order valence-corrected chi connectivity index (χ4v) is 4.32. The molecule has 0 amide bonds. The van der Waals surface area contributed by atoms with Gasteiger partial charge in [0.05, 0.1) is 23.1 Å². The molecule has 0 aliphatic rings. The van der Waals surface area contributed by atoms with Crippen LogP contribution in [0.4, 0.5) is 5.69 Å². The van der Waals surface area contributed by atoms with E-state index in [2.05, 4.69) is 15.0 Å². The molecule has 198 valence electrons. The summed E-state index contributed by atoms with van der Waals surface area (Å²) in [7, 11) is 0. The number of hydrogen-bond acceptors (Lipinski definition) is 6. The number of pyridine rings is 1. The Labute approximate surface area is 238 Å². The molecule has 6 nitrogen and oxygen atoms in total. The smallest absolute Gasteiger partial charge is 0.857 e. The Morgan fingerprint density at radius 1 is 0.872 bits per heavy atom. The van der Waals surface area contributed by atoms with E-state index in [0.717, 1.165) is 27.8 Å². The van der Waals surface area contributed by atoms with E-state index < -0.39 is 11.9 Å². The van der Waals surface area contributed by atoms with Crippen LogP contribution in [0.2, 0.25) is 0 Å². The summed E-state index contributed by atoms with van der Waals surface area (Å²) >= 11 is 0. The first-order valence-corrected chi connectivity index (χ1v) is 12.2. The number of aliphatic carboxylic acids is 1. The first kappa shape index (κ1) is 29.2. The minimum Gasteiger partial charge on any atom is -0.857 e. The van der Waals surface area contributed by atoms with Crippen molar-refractivity contribution in [3.05, 3.63) is 142 Å². The predicted molar refractivity (Wildman–Crippen MR) is 146 cm³/mol. The summed E-state index contributed by atoms with van der Waals surface area (Å²) in [4.78, 5) is 25.2. The molecule has 0 bridgehead atoms. The standard InChI is InChI=1S/C32H29N3O3.Ni/c1-21-17-22(2)27(23(3)18-21)19-25(32(37)38)20-34-30(24-11-5-4-6-12-24)26-13-7-8-14-28(26)35-31(36)29-15-9-10-16-33-29;/h4-18,20H,19H2,1-3H3,(H,35,36)(H,37,38);/q;+2/p-2/b25-20-,34-30?;. The van der Waals surface area contributed by atoms with Crippen molar-refractivity contribution < 1.29 is 31.5 Å². The molecule has 0 N–H and O–H groups in total. The fraction of sp³-hybridized carbons (Fsp3) is 0.125. The third-order valence-electron chi connectivity index (χ3n) is 6.13. The number of benzene rings is 3. The second-order valence-electron chi connectivity index (χ2n) is 8.99. The van der Waals surface area contributed by atoms with Crippen molar-refractivity contribution in [2.24, 2.45) is 9.98 Å². The molecule has 4 aromatic rings. The quantitative estimate of drug-likeness (QED) is 0.140. The monoisotopic (exact) mass is 559 g/mol. The Balaban J connectivity index is 0.00000420. The Bertz CT molecular complexity index is 1520. The number of carboxylic acids is 1. The number of carboxylic acid groups (broad SMARTS) is 1. The van der Waals surface area contributed by atoms with Crippen LogP contribution < -0.4 is 10.2 Å². The van der Waals surface area contributed by atoms with Crippen molar-refractivity contribution in [3.8, 4) is 0 Å². The van der Waals surface area contributed by atoms with Crippen LogP contribution in [0.3, 0.4) is 0 Å². The van der Waals surface area contributed by atoms with Crippen molar-refractivity contribution in [3.63, 3.8) is 0 Å². The van der Waals surface area contributed by atoms with Gasteiger partial charge in [-0.25, -0.2) is 0 Å². The van der Waals surface area contributed by atoms with Crippen molar-refractivity contribution in [2.75, 3.05) is 0 Å². The molecule has 0 spiro atoms. The van der Waals surface area contributed by atoms with E-state index in [1.54, 1.807) is 36.4 Å². The van der Waals surface area contributed by atoms with E-state index in [-0.39, 0.29) is 34.2 Å². The summed E-state index contributed by atoms with van der Waals surface area (Å²) in [5, 5.41) is 24.9. The average Bonchev–Trinajstić information content (AvgIpc) is 2.91. The van der Waals surface area contributed by atoms with Crippen molar-refractivity contribution in [2.45, 2.75) is 27.2 Å². The number of aliphatic imine (C=N–C) groups is 2. The molecule has 0 radical (unpaired) electrons. The van der Waals surface area contributed by atoms with Gasteiger partial charge in [0.15, 0.2) is 0 Å². The number of aromatic nitrogens is 1. The third-order valence-corrected chi connectivity index (χ3v) is 6.13. The predicted octanol–water partition coefficient (Wildman–Crippen LogP) is 4.16. The van der Waals surface area contributed by atoms with Crippen molar-refractivity contribution in [1.82, 2.24) is 4.98 Å². The van der Waals surface area contributed by atoms with E-state index in [4.69, 9.17) is 0 Å². The summed E-state index contributed by atoms with van der Waals surface area (Å²) in [5.74, 6) is -1.77. The Kier molecular flexibility index (Phi) is 10.1. The normalized spacial score (nSPS) is 12.1. The Morgan fingerprint density at radius 3 is 2.15 bits per heavy atom. The second-order valence-corrected chi connectivity index (χ2v) is 8.99. The van der Waals surface area contributed by atoms with Crippen LogP contribution in [0.5, 0.6) is 0 Å². The third kappa shape index (κ3) is 7.37. The summed E-state index contributed by atoms with van der Waals surface area (Å²) in [6, 6.07) is 25.6. The molecule has 0 atom stereocenters. The van der Waals surface area contributed by atoms with E-state index in [1.165, 1.54) is 12.4 Å². The average molecular weight is 560 g/mol. The van der Waals surface area contributed by atoms with Gasteiger partial charge >= 0.3 is 16.5 Å². The SMILES string of the molecule is Cc1cc(C)c(C/C(=C/N=C(c2ccccc2)c2ccccc2N=C([O-])c2ccccn2)C(=O)[O-])c(C)c1.[Ni+2]. The summed E-state index contributed by atoms with van der Waals surface area (Å²) in [6.07, 6.45) is 3.05. The van der Waals surface area contributed by atoms with Gasteiger partial charge in [-0.15, -0.1) is 0 Å². The van der Waals surface area contributed by atoms with Gasteiger partial charge in [0.1, 0.15) is 0 Å². The number of carbonyl (C=O) groups excluding carboxylic acids is 1. The van der Waals surface area contributed by atoms with Gasteiger partial charge in [-0.3, -0.25) is 15.0 Å². The molecule has 0 aliphatic heterocycles. The molecule has 3 aromatic carbocycles. The number of carbonyl (C=O) groups is 1. The molecule has 0 aliphatic carbocycles. The van der Waals surface area contributed by atoms with Gasteiger partial charge in [0.25, 0.3) is 0 Å². The molecule has 4 rings (SSSR count). The molecule has 7 heteroatoms. The summed E-state index contributed by atoms with van der Waals surface area (Å²) in [5.41, 5.74) is 6.56. The number of aryl methyl sites for hydroxylation is 3. The van der Waals surface area contributed by atoms with Gasteiger partial charge < -0.3 is 15.0 Å².